The number of nitrogens with one attached hydrogen (secondary N) is 1. The molecule has 0 aliphatic carbocycles. The van der Waals surface area contributed by atoms with Crippen LogP contribution >= 0.6 is 11.8 Å². The van der Waals surface area contributed by atoms with Crippen molar-refractivity contribution >= 4 is 45.2 Å². The van der Waals surface area contributed by atoms with E-state index in [2.05, 4.69) is 5.32 Å². The zero-order valence-corrected chi connectivity index (χ0v) is 18.1. The second-order valence-electron chi connectivity index (χ2n) is 7.24. The Kier molecular flexibility index (Phi) is 5.44. The normalized spacial score (nSPS) is 18.9. The highest BCUT2D eigenvalue weighted by molar-refractivity contribution is 7.99. The van der Waals surface area contributed by atoms with Gasteiger partial charge in [-0.1, -0.05) is 18.2 Å². The van der Waals surface area contributed by atoms with E-state index in [1.54, 1.807) is 24.5 Å². The van der Waals surface area contributed by atoms with E-state index in [9.17, 15) is 27.6 Å². The molecule has 0 bridgehead atoms. The van der Waals surface area contributed by atoms with Gasteiger partial charge in [0, 0.05) is 11.3 Å². The van der Waals surface area contributed by atoms with Crippen molar-refractivity contribution < 1.29 is 27.6 Å². The molecule has 0 aromatic heterocycles. The van der Waals surface area contributed by atoms with Gasteiger partial charge in [0.25, 0.3) is 11.8 Å². The summed E-state index contributed by atoms with van der Waals surface area (Å²) < 4.78 is 25.9. The topological polar surface area (TPSA) is 118 Å². The highest BCUT2D eigenvalue weighted by atomic mass is 32.2. The number of piperidine rings is 1. The summed E-state index contributed by atoms with van der Waals surface area (Å²) in [5.74, 6) is -2.77. The number of amides is 4. The van der Waals surface area contributed by atoms with Gasteiger partial charge in [0.15, 0.2) is 9.84 Å². The van der Waals surface area contributed by atoms with Crippen molar-refractivity contribution in [2.75, 3.05) is 6.26 Å². The average Bonchev–Trinajstić information content (AvgIpc) is 2.98. The molecule has 0 radical (unpaired) electrons. The minimum absolute atomic E-state index is 0.0299. The molecule has 1 fully saturated rings. The van der Waals surface area contributed by atoms with Gasteiger partial charge < -0.3 is 0 Å². The number of imide groups is 2. The first-order chi connectivity index (χ1) is 14.7. The summed E-state index contributed by atoms with van der Waals surface area (Å²) >= 11 is 1.32. The molecule has 1 saturated heterocycles. The number of hydrogen-bond donors (Lipinski definition) is 1. The Bertz CT molecular complexity index is 1240. The maximum Gasteiger partial charge on any atom is 0.262 e. The quantitative estimate of drug-likeness (QED) is 0.536. The van der Waals surface area contributed by atoms with Crippen molar-refractivity contribution in [2.45, 2.75) is 34.4 Å². The molecule has 4 amide bonds. The van der Waals surface area contributed by atoms with E-state index in [0.717, 1.165) is 4.90 Å². The lowest BCUT2D eigenvalue weighted by Gasteiger charge is -2.27. The Morgan fingerprint density at radius 3 is 2.45 bits per heavy atom. The monoisotopic (exact) mass is 458 g/mol. The van der Waals surface area contributed by atoms with E-state index < -0.39 is 39.5 Å². The molecule has 1 N–H and O–H groups in total. The van der Waals surface area contributed by atoms with Gasteiger partial charge in [-0.15, -0.1) is 11.8 Å². The van der Waals surface area contributed by atoms with Gasteiger partial charge >= 0.3 is 0 Å². The van der Waals surface area contributed by atoms with Crippen molar-refractivity contribution in [3.05, 3.63) is 59.2 Å². The van der Waals surface area contributed by atoms with Crippen molar-refractivity contribution in [1.82, 2.24) is 10.2 Å². The van der Waals surface area contributed by atoms with Gasteiger partial charge in [0.2, 0.25) is 11.8 Å². The third-order valence-electron chi connectivity index (χ3n) is 5.26. The molecule has 10 heteroatoms. The molecule has 0 spiro atoms. The van der Waals surface area contributed by atoms with E-state index in [4.69, 9.17) is 0 Å². The lowest BCUT2D eigenvalue weighted by Crippen LogP contribution is -2.54. The van der Waals surface area contributed by atoms with Crippen LogP contribution in [0.1, 0.15) is 39.1 Å². The summed E-state index contributed by atoms with van der Waals surface area (Å²) in [6.45, 7) is 0. The predicted octanol–water partition coefficient (Wildman–Crippen LogP) is 1.78. The first-order valence-electron chi connectivity index (χ1n) is 9.43. The maximum absolute atomic E-state index is 13.0. The minimum atomic E-state index is -3.69. The molecular formula is C21H18N2O6S2. The molecule has 2 aromatic rings. The van der Waals surface area contributed by atoms with Crippen molar-refractivity contribution in [3.8, 4) is 0 Å². The van der Waals surface area contributed by atoms with Crippen LogP contribution in [0.25, 0.3) is 0 Å². The SMILES string of the molecule is CSc1ccccc1S(=O)(=O)Cc1ccc2c(c1)C(=O)N(C1CCC(=O)NC1=O)C2=O. The summed E-state index contributed by atoms with van der Waals surface area (Å²) in [5.41, 5.74) is 0.529. The first-order valence-corrected chi connectivity index (χ1v) is 12.3. The molecule has 2 aliphatic heterocycles. The smallest absolute Gasteiger partial charge is 0.262 e. The molecule has 160 valence electrons. The highest BCUT2D eigenvalue weighted by Gasteiger charge is 2.44. The molecule has 31 heavy (non-hydrogen) atoms. The average molecular weight is 459 g/mol. The second kappa shape index (κ2) is 7.93. The fraction of sp³-hybridized carbons (Fsp3) is 0.238. The summed E-state index contributed by atoms with van der Waals surface area (Å²) in [7, 11) is -3.69. The zero-order valence-electron chi connectivity index (χ0n) is 16.5. The molecule has 4 rings (SSSR count). The Morgan fingerprint density at radius 1 is 1.03 bits per heavy atom. The van der Waals surface area contributed by atoms with Crippen LogP contribution in [-0.4, -0.2) is 49.2 Å². The first kappa shape index (κ1) is 21.3. The fourth-order valence-electron chi connectivity index (χ4n) is 3.78. The number of fused-ring (bicyclic) bond motifs is 1. The van der Waals surface area contributed by atoms with Gasteiger partial charge in [0.1, 0.15) is 6.04 Å². The second-order valence-corrected chi connectivity index (χ2v) is 10.0. The van der Waals surface area contributed by atoms with Crippen LogP contribution in [0, 0.1) is 0 Å². The van der Waals surface area contributed by atoms with Crippen LogP contribution in [0.5, 0.6) is 0 Å². The standard InChI is InChI=1S/C21H18N2O6S2/c1-30-16-4-2-3-5-17(16)31(28,29)11-12-6-7-13-14(10-12)21(27)23(20(13)26)15-8-9-18(24)22-19(15)25/h2-7,10,15H,8-9,11H2,1H3,(H,22,24,25). The van der Waals surface area contributed by atoms with Gasteiger partial charge in [0.05, 0.1) is 21.8 Å². The maximum atomic E-state index is 13.0. The number of benzene rings is 2. The van der Waals surface area contributed by atoms with Crippen LogP contribution in [0.15, 0.2) is 52.3 Å². The number of hydrogen-bond acceptors (Lipinski definition) is 7. The molecular weight excluding hydrogens is 440 g/mol. The molecule has 0 saturated carbocycles. The third kappa shape index (κ3) is 3.77. The van der Waals surface area contributed by atoms with E-state index in [1.165, 1.54) is 36.0 Å². The molecule has 1 unspecified atom stereocenters. The van der Waals surface area contributed by atoms with Crippen LogP contribution in [-0.2, 0) is 25.2 Å². The number of rotatable bonds is 5. The van der Waals surface area contributed by atoms with Crippen molar-refractivity contribution in [1.29, 1.82) is 0 Å². The molecule has 2 heterocycles. The van der Waals surface area contributed by atoms with E-state index >= 15 is 0 Å². The van der Waals surface area contributed by atoms with Gasteiger partial charge in [-0.25, -0.2) is 8.42 Å². The molecule has 2 aromatic carbocycles. The number of carbonyl (C=O) groups is 4. The zero-order chi connectivity index (χ0) is 22.3. The van der Waals surface area contributed by atoms with Crippen LogP contribution < -0.4 is 5.32 Å². The number of sulfone groups is 1. The van der Waals surface area contributed by atoms with Crippen molar-refractivity contribution in [2.24, 2.45) is 0 Å². The van der Waals surface area contributed by atoms with E-state index in [1.807, 2.05) is 0 Å². The lowest BCUT2D eigenvalue weighted by molar-refractivity contribution is -0.136. The number of carbonyl (C=O) groups excluding carboxylic acids is 4. The van der Waals surface area contributed by atoms with Crippen LogP contribution in [0.3, 0.4) is 0 Å². The Hall–Kier alpha value is -2.98. The van der Waals surface area contributed by atoms with E-state index in [-0.39, 0.29) is 34.6 Å². The minimum Gasteiger partial charge on any atom is -0.295 e. The van der Waals surface area contributed by atoms with Crippen LogP contribution in [0.2, 0.25) is 0 Å². The highest BCUT2D eigenvalue weighted by Crippen LogP contribution is 2.31. The molecule has 1 atom stereocenters. The number of nitrogens with zero attached hydrogens (tertiary/aromatic N) is 1. The Balaban J connectivity index is 1.63. The van der Waals surface area contributed by atoms with Gasteiger partial charge in [-0.2, -0.15) is 0 Å². The Morgan fingerprint density at radius 2 is 1.74 bits per heavy atom. The summed E-state index contributed by atoms with van der Waals surface area (Å²) in [5, 5.41) is 2.14. The van der Waals surface area contributed by atoms with Gasteiger partial charge in [-0.05, 0) is 42.5 Å². The lowest BCUT2D eigenvalue weighted by atomic mass is 10.0. The number of thioether (sulfide) groups is 1. The Labute approximate surface area is 182 Å². The molecule has 8 nitrogen and oxygen atoms in total. The predicted molar refractivity (Wildman–Crippen MR) is 112 cm³/mol. The van der Waals surface area contributed by atoms with Crippen LogP contribution in [0.4, 0.5) is 0 Å². The summed E-state index contributed by atoms with van der Waals surface area (Å²) in [6.07, 6.45) is 1.88. The molecule has 2 aliphatic rings. The largest absolute Gasteiger partial charge is 0.295 e. The summed E-state index contributed by atoms with van der Waals surface area (Å²) in [6, 6.07) is 9.90. The van der Waals surface area contributed by atoms with Crippen molar-refractivity contribution in [3.63, 3.8) is 0 Å². The third-order valence-corrected chi connectivity index (χ3v) is 7.93. The van der Waals surface area contributed by atoms with E-state index in [0.29, 0.717) is 10.5 Å². The summed E-state index contributed by atoms with van der Waals surface area (Å²) in [4.78, 5) is 50.9. The van der Waals surface area contributed by atoms with Gasteiger partial charge in [-0.3, -0.25) is 29.4 Å². The fourth-order valence-corrected chi connectivity index (χ4v) is 6.33.